The van der Waals surface area contributed by atoms with E-state index in [2.05, 4.69) is 0 Å². The number of non-ortho nitro benzene ring substituents is 1. The summed E-state index contributed by atoms with van der Waals surface area (Å²) in [7, 11) is 3.82. The van der Waals surface area contributed by atoms with Crippen molar-refractivity contribution in [2.45, 2.75) is 5.92 Å². The second-order valence-corrected chi connectivity index (χ2v) is 6.14. The Morgan fingerprint density at radius 1 is 1.17 bits per heavy atom. The number of hydrogen-bond acceptors (Lipinski definition) is 9. The smallest absolute Gasteiger partial charge is 0.326 e. The molecule has 10 heteroatoms. The lowest BCUT2D eigenvalue weighted by molar-refractivity contribution is -0.385. The van der Waals surface area contributed by atoms with Crippen molar-refractivity contribution < 1.29 is 38.6 Å². The standard InChI is InChI=1S/C19H17NO9/c1-26-10-7-12(21)16(14(8-10)27-2)15-11-6-9(20(24)25)4-5-13(11)29-19(23)17(15)18(22)28-3/h4-8,15,17,21H,1-3H3/t15-,17+/m0/s1. The molecule has 1 N–H and O–H groups in total. The van der Waals surface area contributed by atoms with Gasteiger partial charge >= 0.3 is 11.9 Å². The molecule has 0 aliphatic carbocycles. The Morgan fingerprint density at radius 2 is 1.90 bits per heavy atom. The molecule has 0 bridgehead atoms. The molecule has 152 valence electrons. The van der Waals surface area contributed by atoms with Crippen molar-refractivity contribution in [1.82, 2.24) is 0 Å². The summed E-state index contributed by atoms with van der Waals surface area (Å²) in [5.74, 6) is -4.41. The molecule has 0 aromatic heterocycles. The molecule has 0 amide bonds. The van der Waals surface area contributed by atoms with Crippen LogP contribution < -0.4 is 14.2 Å². The Bertz CT molecular complexity index is 1000. The summed E-state index contributed by atoms with van der Waals surface area (Å²) in [5, 5.41) is 21.9. The summed E-state index contributed by atoms with van der Waals surface area (Å²) in [6, 6.07) is 6.36. The lowest BCUT2D eigenvalue weighted by Crippen LogP contribution is -2.38. The molecule has 0 saturated heterocycles. The maximum absolute atomic E-state index is 12.6. The maximum Gasteiger partial charge on any atom is 0.326 e. The van der Waals surface area contributed by atoms with E-state index in [1.165, 1.54) is 44.6 Å². The fraction of sp³-hybridized carbons (Fsp3) is 0.263. The van der Waals surface area contributed by atoms with Crippen LogP contribution in [0.5, 0.6) is 23.0 Å². The van der Waals surface area contributed by atoms with E-state index >= 15 is 0 Å². The number of fused-ring (bicyclic) bond motifs is 1. The predicted octanol–water partition coefficient (Wildman–Crippen LogP) is 2.16. The van der Waals surface area contributed by atoms with Crippen molar-refractivity contribution in [1.29, 1.82) is 0 Å². The second-order valence-electron chi connectivity index (χ2n) is 6.14. The Hall–Kier alpha value is -3.82. The van der Waals surface area contributed by atoms with Gasteiger partial charge < -0.3 is 24.1 Å². The number of nitro benzene ring substituents is 1. The second kappa shape index (κ2) is 7.66. The first-order chi connectivity index (χ1) is 13.8. The van der Waals surface area contributed by atoms with Crippen LogP contribution in [0.2, 0.25) is 0 Å². The van der Waals surface area contributed by atoms with Crippen LogP contribution in [0.4, 0.5) is 5.69 Å². The number of hydrogen-bond donors (Lipinski definition) is 1. The SMILES string of the molecule is COC(=O)[C@@H]1C(=O)Oc2ccc([N+](=O)[O-])cc2[C@H]1c1c(O)cc(OC)cc1OC. The normalized spacial score (nSPS) is 17.7. The topological polar surface area (TPSA) is 134 Å². The number of carbonyl (C=O) groups excluding carboxylic acids is 2. The van der Waals surface area contributed by atoms with Gasteiger partial charge in [-0.2, -0.15) is 0 Å². The number of rotatable bonds is 5. The van der Waals surface area contributed by atoms with Gasteiger partial charge in [0.2, 0.25) is 0 Å². The number of methoxy groups -OCH3 is 3. The molecule has 1 aliphatic heterocycles. The van der Waals surface area contributed by atoms with Gasteiger partial charge in [0.1, 0.15) is 23.0 Å². The number of phenols is 1. The predicted molar refractivity (Wildman–Crippen MR) is 97.3 cm³/mol. The average Bonchev–Trinajstić information content (AvgIpc) is 2.71. The minimum Gasteiger partial charge on any atom is -0.507 e. The van der Waals surface area contributed by atoms with E-state index in [4.69, 9.17) is 18.9 Å². The number of carbonyl (C=O) groups is 2. The number of nitrogens with zero attached hydrogens (tertiary/aromatic N) is 1. The zero-order chi connectivity index (χ0) is 21.3. The minimum atomic E-state index is -1.51. The molecule has 10 nitrogen and oxygen atoms in total. The van der Waals surface area contributed by atoms with Crippen molar-refractivity contribution in [2.24, 2.45) is 5.92 Å². The third-order valence-corrected chi connectivity index (χ3v) is 4.65. The summed E-state index contributed by atoms with van der Waals surface area (Å²) < 4.78 is 20.4. The third-order valence-electron chi connectivity index (χ3n) is 4.65. The van der Waals surface area contributed by atoms with Crippen molar-refractivity contribution >= 4 is 17.6 Å². The Balaban J connectivity index is 2.34. The molecule has 0 radical (unpaired) electrons. The number of ether oxygens (including phenoxy) is 4. The van der Waals surface area contributed by atoms with E-state index in [1.807, 2.05) is 0 Å². The zero-order valence-electron chi connectivity index (χ0n) is 15.7. The van der Waals surface area contributed by atoms with E-state index < -0.39 is 28.7 Å². The van der Waals surface area contributed by atoms with Gasteiger partial charge in [0.15, 0.2) is 5.92 Å². The van der Waals surface area contributed by atoms with Crippen LogP contribution >= 0.6 is 0 Å². The number of nitro groups is 1. The molecule has 2 atom stereocenters. The molecule has 29 heavy (non-hydrogen) atoms. The minimum absolute atomic E-state index is 0.0306. The molecule has 1 aliphatic rings. The van der Waals surface area contributed by atoms with Crippen LogP contribution in [0.25, 0.3) is 0 Å². The summed E-state index contributed by atoms with van der Waals surface area (Å²) in [6.07, 6.45) is 0. The van der Waals surface area contributed by atoms with Gasteiger partial charge in [-0.1, -0.05) is 0 Å². The molecule has 2 aromatic carbocycles. The van der Waals surface area contributed by atoms with Crippen LogP contribution in [-0.4, -0.2) is 43.3 Å². The van der Waals surface area contributed by atoms with Gasteiger partial charge in [-0.3, -0.25) is 19.7 Å². The van der Waals surface area contributed by atoms with Crippen LogP contribution in [0.1, 0.15) is 17.0 Å². The van der Waals surface area contributed by atoms with Crippen molar-refractivity contribution in [3.8, 4) is 23.0 Å². The van der Waals surface area contributed by atoms with Gasteiger partial charge in [-0.25, -0.2) is 0 Å². The third kappa shape index (κ3) is 3.40. The van der Waals surface area contributed by atoms with Crippen LogP contribution in [0.3, 0.4) is 0 Å². The number of aromatic hydroxyl groups is 1. The number of esters is 2. The van der Waals surface area contributed by atoms with Crippen LogP contribution in [0, 0.1) is 16.0 Å². The van der Waals surface area contributed by atoms with Crippen LogP contribution in [-0.2, 0) is 14.3 Å². The molecule has 0 spiro atoms. The largest absolute Gasteiger partial charge is 0.507 e. The quantitative estimate of drug-likeness (QED) is 0.262. The lowest BCUT2D eigenvalue weighted by atomic mass is 9.77. The highest BCUT2D eigenvalue weighted by Crippen LogP contribution is 2.50. The molecule has 0 saturated carbocycles. The first kappa shape index (κ1) is 19.9. The Kier molecular flexibility index (Phi) is 5.26. The van der Waals surface area contributed by atoms with E-state index in [0.29, 0.717) is 0 Å². The highest BCUT2D eigenvalue weighted by atomic mass is 16.6. The molecule has 3 rings (SSSR count). The van der Waals surface area contributed by atoms with E-state index in [-0.39, 0.29) is 39.8 Å². The fourth-order valence-corrected chi connectivity index (χ4v) is 3.34. The molecule has 0 fully saturated rings. The molecule has 0 unspecified atom stereocenters. The Labute approximate surface area is 164 Å². The number of phenolic OH excluding ortho intramolecular Hbond substituents is 1. The Morgan fingerprint density at radius 3 is 2.48 bits per heavy atom. The van der Waals surface area contributed by atoms with E-state index in [1.54, 1.807) is 0 Å². The summed E-state index contributed by atoms with van der Waals surface area (Å²) in [4.78, 5) is 35.6. The first-order valence-electron chi connectivity index (χ1n) is 8.35. The highest BCUT2D eigenvalue weighted by Gasteiger charge is 2.47. The van der Waals surface area contributed by atoms with Gasteiger partial charge in [0, 0.05) is 41.3 Å². The van der Waals surface area contributed by atoms with Gasteiger partial charge in [0.25, 0.3) is 5.69 Å². The van der Waals surface area contributed by atoms with Crippen molar-refractivity contribution in [3.05, 3.63) is 51.6 Å². The summed E-state index contributed by atoms with van der Waals surface area (Å²) in [6.45, 7) is 0. The summed E-state index contributed by atoms with van der Waals surface area (Å²) >= 11 is 0. The van der Waals surface area contributed by atoms with Crippen molar-refractivity contribution in [3.63, 3.8) is 0 Å². The zero-order valence-corrected chi connectivity index (χ0v) is 15.7. The van der Waals surface area contributed by atoms with Crippen LogP contribution in [0.15, 0.2) is 30.3 Å². The van der Waals surface area contributed by atoms with Gasteiger partial charge in [0.05, 0.1) is 26.3 Å². The molecule has 2 aromatic rings. The monoisotopic (exact) mass is 403 g/mol. The van der Waals surface area contributed by atoms with Gasteiger partial charge in [-0.05, 0) is 6.07 Å². The maximum atomic E-state index is 12.6. The van der Waals surface area contributed by atoms with Gasteiger partial charge in [-0.15, -0.1) is 0 Å². The highest BCUT2D eigenvalue weighted by molar-refractivity contribution is 5.99. The molecular weight excluding hydrogens is 386 g/mol. The summed E-state index contributed by atoms with van der Waals surface area (Å²) in [5.41, 5.74) is -0.0441. The van der Waals surface area contributed by atoms with E-state index in [0.717, 1.165) is 7.11 Å². The number of benzene rings is 2. The fourth-order valence-electron chi connectivity index (χ4n) is 3.34. The van der Waals surface area contributed by atoms with E-state index in [9.17, 15) is 24.8 Å². The molecular formula is C19H17NO9. The lowest BCUT2D eigenvalue weighted by Gasteiger charge is -2.31. The molecule has 1 heterocycles. The van der Waals surface area contributed by atoms with Crippen molar-refractivity contribution in [2.75, 3.05) is 21.3 Å². The first-order valence-corrected chi connectivity index (χ1v) is 8.35. The average molecular weight is 403 g/mol.